The van der Waals surface area contributed by atoms with Crippen LogP contribution < -0.4 is 0 Å². The number of hydrogen-bond donors (Lipinski definition) is 0. The Hall–Kier alpha value is -0.450. The zero-order valence-electron chi connectivity index (χ0n) is 18.0. The second kappa shape index (κ2) is 6.27. The van der Waals surface area contributed by atoms with Crippen molar-refractivity contribution in [2.45, 2.75) is 103 Å². The number of methoxy groups -OCH3 is 1. The highest BCUT2D eigenvalue weighted by Crippen LogP contribution is 2.68. The van der Waals surface area contributed by atoms with Gasteiger partial charge in [-0.15, -0.1) is 0 Å². The lowest BCUT2D eigenvalue weighted by Crippen LogP contribution is -2.59. The second-order valence-electron chi connectivity index (χ2n) is 11.2. The third-order valence-electron chi connectivity index (χ3n) is 8.87. The zero-order valence-corrected chi connectivity index (χ0v) is 18.0. The van der Waals surface area contributed by atoms with Crippen LogP contribution in [0.15, 0.2) is 0 Å². The molecule has 4 rings (SSSR count). The molecule has 0 spiro atoms. The number of rotatable bonds is 3. The summed E-state index contributed by atoms with van der Waals surface area (Å²) in [4.78, 5) is 12.2. The van der Waals surface area contributed by atoms with Crippen molar-refractivity contribution in [3.63, 3.8) is 0 Å². The van der Waals surface area contributed by atoms with Gasteiger partial charge in [0.2, 0.25) is 0 Å². The highest BCUT2D eigenvalue weighted by atomic mass is 16.7. The normalized spacial score (nSPS) is 52.1. The van der Waals surface area contributed by atoms with E-state index in [0.29, 0.717) is 23.9 Å². The Bertz CT molecular complexity index is 598. The molecule has 4 nitrogen and oxygen atoms in total. The Kier molecular flexibility index (Phi) is 4.61. The third kappa shape index (κ3) is 2.77. The Morgan fingerprint density at radius 2 is 1.78 bits per heavy atom. The fourth-order valence-electron chi connectivity index (χ4n) is 7.53. The van der Waals surface area contributed by atoms with Crippen molar-refractivity contribution in [2.75, 3.05) is 7.11 Å². The van der Waals surface area contributed by atoms with Gasteiger partial charge in [0.05, 0.1) is 11.7 Å². The minimum atomic E-state index is -0.650. The summed E-state index contributed by atoms with van der Waals surface area (Å²) in [6.07, 6.45) is 8.81. The quantitative estimate of drug-likeness (QED) is 0.665. The van der Waals surface area contributed by atoms with E-state index in [-0.39, 0.29) is 22.7 Å². The Labute approximate surface area is 164 Å². The first kappa shape index (κ1) is 19.8. The standard InChI is InChI=1S/C23H38O4/c1-20(2,3)26-18-8-7-16-15-9-12-23(14-24)22(5,13-19(25-6)27-23)17(15)10-11-21(16,18)4/h14-19H,7-13H2,1-6H3/t15-,16-,17-,18-,19-,21-,22+,23+/m0/s1. The molecule has 154 valence electrons. The fraction of sp³-hybridized carbons (Fsp3) is 0.957. The SMILES string of the molecule is CO[C@@H]1C[C@]2(C)[C@H]3CC[C@]4(C)[C@@H](OC(C)(C)C)CC[C@H]4[C@@H]3CC[C@]2(C=O)O1. The molecule has 0 bridgehead atoms. The lowest BCUT2D eigenvalue weighted by Gasteiger charge is -2.59. The molecule has 0 radical (unpaired) electrons. The van der Waals surface area contributed by atoms with E-state index in [0.717, 1.165) is 25.5 Å². The monoisotopic (exact) mass is 378 g/mol. The second-order valence-corrected chi connectivity index (χ2v) is 11.2. The smallest absolute Gasteiger partial charge is 0.159 e. The zero-order chi connectivity index (χ0) is 19.7. The summed E-state index contributed by atoms with van der Waals surface area (Å²) in [5, 5.41) is 0. The van der Waals surface area contributed by atoms with Crippen LogP contribution in [0.3, 0.4) is 0 Å². The van der Waals surface area contributed by atoms with E-state index in [1.54, 1.807) is 7.11 Å². The predicted molar refractivity (Wildman–Crippen MR) is 104 cm³/mol. The van der Waals surface area contributed by atoms with Crippen LogP contribution in [0.5, 0.6) is 0 Å². The molecule has 4 fully saturated rings. The molecule has 0 N–H and O–H groups in total. The summed E-state index contributed by atoms with van der Waals surface area (Å²) in [7, 11) is 1.70. The van der Waals surface area contributed by atoms with Gasteiger partial charge in [-0.25, -0.2) is 0 Å². The molecule has 0 aromatic carbocycles. The Balaban J connectivity index is 1.62. The van der Waals surface area contributed by atoms with Gasteiger partial charge in [0.15, 0.2) is 12.6 Å². The molecule has 3 saturated carbocycles. The van der Waals surface area contributed by atoms with E-state index in [1.165, 1.54) is 25.7 Å². The molecule has 0 aromatic rings. The van der Waals surface area contributed by atoms with E-state index in [2.05, 4.69) is 34.6 Å². The van der Waals surface area contributed by atoms with Gasteiger partial charge in [0.25, 0.3) is 0 Å². The van der Waals surface area contributed by atoms with E-state index in [4.69, 9.17) is 14.2 Å². The van der Waals surface area contributed by atoms with Gasteiger partial charge in [0.1, 0.15) is 5.60 Å². The van der Waals surface area contributed by atoms with Crippen LogP contribution in [0.25, 0.3) is 0 Å². The lowest BCUT2D eigenvalue weighted by atomic mass is 9.46. The topological polar surface area (TPSA) is 44.8 Å². The van der Waals surface area contributed by atoms with Crippen LogP contribution in [0.1, 0.15) is 79.6 Å². The molecule has 27 heavy (non-hydrogen) atoms. The first-order chi connectivity index (χ1) is 12.6. The summed E-state index contributed by atoms with van der Waals surface area (Å²) in [6.45, 7) is 11.3. The number of fused-ring (bicyclic) bond motifs is 5. The molecule has 1 heterocycles. The van der Waals surface area contributed by atoms with Crippen molar-refractivity contribution in [2.24, 2.45) is 28.6 Å². The first-order valence-electron chi connectivity index (χ1n) is 10.9. The molecule has 8 atom stereocenters. The maximum atomic E-state index is 12.2. The van der Waals surface area contributed by atoms with Crippen molar-refractivity contribution in [1.29, 1.82) is 0 Å². The van der Waals surface area contributed by atoms with E-state index in [9.17, 15) is 4.79 Å². The Morgan fingerprint density at radius 3 is 2.41 bits per heavy atom. The minimum absolute atomic E-state index is 0.0877. The lowest BCUT2D eigenvalue weighted by molar-refractivity contribution is -0.199. The van der Waals surface area contributed by atoms with E-state index < -0.39 is 5.60 Å². The first-order valence-corrected chi connectivity index (χ1v) is 10.9. The molecule has 0 unspecified atom stereocenters. The predicted octanol–water partition coefficient (Wildman–Crippen LogP) is 4.74. The van der Waals surface area contributed by atoms with Crippen molar-refractivity contribution in [3.05, 3.63) is 0 Å². The van der Waals surface area contributed by atoms with Gasteiger partial charge in [-0.05, 0) is 82.5 Å². The van der Waals surface area contributed by atoms with Crippen molar-refractivity contribution >= 4 is 6.29 Å². The molecule has 0 aromatic heterocycles. The summed E-state index contributed by atoms with van der Waals surface area (Å²) < 4.78 is 18.3. The molecule has 1 aliphatic heterocycles. The number of ether oxygens (including phenoxy) is 3. The van der Waals surface area contributed by atoms with Gasteiger partial charge in [-0.3, -0.25) is 0 Å². The van der Waals surface area contributed by atoms with Crippen LogP contribution in [0, 0.1) is 28.6 Å². The molecular formula is C23H38O4. The minimum Gasteiger partial charge on any atom is -0.372 e. The molecular weight excluding hydrogens is 340 g/mol. The number of carbonyl (C=O) groups excluding carboxylic acids is 1. The molecule has 3 aliphatic carbocycles. The van der Waals surface area contributed by atoms with Crippen molar-refractivity contribution in [3.8, 4) is 0 Å². The van der Waals surface area contributed by atoms with Crippen LogP contribution in [0.4, 0.5) is 0 Å². The number of hydrogen-bond acceptors (Lipinski definition) is 4. The average molecular weight is 379 g/mol. The summed E-state index contributed by atoms with van der Waals surface area (Å²) >= 11 is 0. The van der Waals surface area contributed by atoms with Crippen LogP contribution in [-0.2, 0) is 19.0 Å². The molecule has 4 heteroatoms. The highest BCUT2D eigenvalue weighted by molar-refractivity contribution is 5.66. The van der Waals surface area contributed by atoms with E-state index >= 15 is 0 Å². The number of carbonyl (C=O) groups is 1. The van der Waals surface area contributed by atoms with Crippen LogP contribution in [-0.4, -0.2) is 37.0 Å². The van der Waals surface area contributed by atoms with Gasteiger partial charge < -0.3 is 19.0 Å². The van der Waals surface area contributed by atoms with Crippen molar-refractivity contribution < 1.29 is 19.0 Å². The van der Waals surface area contributed by atoms with Crippen molar-refractivity contribution in [1.82, 2.24) is 0 Å². The third-order valence-corrected chi connectivity index (χ3v) is 8.87. The summed E-state index contributed by atoms with van der Waals surface area (Å²) in [6, 6.07) is 0. The maximum absolute atomic E-state index is 12.2. The molecule has 4 aliphatic rings. The maximum Gasteiger partial charge on any atom is 0.159 e. The molecule has 1 saturated heterocycles. The van der Waals surface area contributed by atoms with Crippen LogP contribution >= 0.6 is 0 Å². The summed E-state index contributed by atoms with van der Waals surface area (Å²) in [5.74, 6) is 1.92. The van der Waals surface area contributed by atoms with E-state index in [1.807, 2.05) is 0 Å². The average Bonchev–Trinajstić information content (AvgIpc) is 3.08. The largest absolute Gasteiger partial charge is 0.372 e. The van der Waals surface area contributed by atoms with Gasteiger partial charge in [-0.1, -0.05) is 13.8 Å². The van der Waals surface area contributed by atoms with Gasteiger partial charge in [0, 0.05) is 18.9 Å². The number of aldehydes is 1. The fourth-order valence-corrected chi connectivity index (χ4v) is 7.53. The van der Waals surface area contributed by atoms with Gasteiger partial charge in [-0.2, -0.15) is 0 Å². The Morgan fingerprint density at radius 1 is 1.04 bits per heavy atom. The van der Waals surface area contributed by atoms with Gasteiger partial charge >= 0.3 is 0 Å². The highest BCUT2D eigenvalue weighted by Gasteiger charge is 2.68. The summed E-state index contributed by atoms with van der Waals surface area (Å²) in [5.41, 5.74) is -0.577. The van der Waals surface area contributed by atoms with Crippen LogP contribution in [0.2, 0.25) is 0 Å². The molecule has 0 amide bonds.